The molecule has 1 heterocycles. The largest absolute Gasteiger partial charge is 0.347 e. The van der Waals surface area contributed by atoms with Crippen LogP contribution in [-0.4, -0.2) is 37.6 Å². The van der Waals surface area contributed by atoms with E-state index in [0.717, 1.165) is 31.6 Å². The van der Waals surface area contributed by atoms with Crippen LogP contribution in [0.25, 0.3) is 0 Å². The van der Waals surface area contributed by atoms with Gasteiger partial charge in [0.25, 0.3) is 0 Å². The van der Waals surface area contributed by atoms with E-state index >= 15 is 0 Å². The average Bonchev–Trinajstić information content (AvgIpc) is 2.81. The fraction of sp³-hybridized carbons (Fsp3) is 0.786. The second kappa shape index (κ2) is 6.39. The highest BCUT2D eigenvalue weighted by molar-refractivity contribution is 5.73. The topological polar surface area (TPSA) is 59.6 Å². The molecule has 0 aromatic rings. The number of hydrogen-bond acceptors (Lipinski definition) is 3. The Hall–Kier alpha value is -1.07. The Morgan fingerprint density at radius 2 is 2.16 bits per heavy atom. The van der Waals surface area contributed by atoms with Crippen molar-refractivity contribution < 1.29 is 14.3 Å². The number of amides is 2. The van der Waals surface area contributed by atoms with Crippen molar-refractivity contribution in [3.63, 3.8) is 0 Å². The van der Waals surface area contributed by atoms with Crippen LogP contribution in [0.3, 0.4) is 0 Å². The Labute approximate surface area is 114 Å². The van der Waals surface area contributed by atoms with E-state index in [-0.39, 0.29) is 17.9 Å². The van der Waals surface area contributed by atoms with Crippen LogP contribution in [0.5, 0.6) is 0 Å². The molecule has 2 fully saturated rings. The number of carbonyl (C=O) groups is 1. The molecule has 1 aliphatic carbocycles. The number of ether oxygens (including phenoxy) is 2. The summed E-state index contributed by atoms with van der Waals surface area (Å²) in [5, 5.41) is 5.46. The van der Waals surface area contributed by atoms with E-state index in [9.17, 15) is 4.79 Å². The van der Waals surface area contributed by atoms with Crippen LogP contribution in [-0.2, 0) is 9.47 Å². The van der Waals surface area contributed by atoms with Crippen molar-refractivity contribution in [3.05, 3.63) is 12.7 Å². The summed E-state index contributed by atoms with van der Waals surface area (Å²) in [7, 11) is 0. The van der Waals surface area contributed by atoms with Crippen LogP contribution in [0.2, 0.25) is 0 Å². The molecule has 5 nitrogen and oxygen atoms in total. The molecule has 1 aliphatic heterocycles. The molecule has 1 spiro atoms. The molecule has 5 heteroatoms. The highest BCUT2D eigenvalue weighted by Gasteiger charge is 2.43. The van der Waals surface area contributed by atoms with E-state index < -0.39 is 0 Å². The van der Waals surface area contributed by atoms with Crippen molar-refractivity contribution in [3.8, 4) is 0 Å². The van der Waals surface area contributed by atoms with Crippen molar-refractivity contribution in [1.29, 1.82) is 0 Å². The Bertz CT molecular complexity index is 325. The average molecular weight is 268 g/mol. The lowest BCUT2D eigenvalue weighted by Crippen LogP contribution is -2.41. The molecular formula is C14H24N2O3. The predicted molar refractivity (Wildman–Crippen MR) is 72.8 cm³/mol. The summed E-state index contributed by atoms with van der Waals surface area (Å²) in [6.07, 6.45) is 5.84. The first-order valence-corrected chi connectivity index (χ1v) is 7.08. The zero-order chi connectivity index (χ0) is 13.7. The van der Waals surface area contributed by atoms with Crippen LogP contribution >= 0.6 is 0 Å². The van der Waals surface area contributed by atoms with E-state index in [1.165, 1.54) is 0 Å². The van der Waals surface area contributed by atoms with Crippen molar-refractivity contribution in [2.45, 2.75) is 44.5 Å². The molecule has 0 bridgehead atoms. The van der Waals surface area contributed by atoms with Crippen molar-refractivity contribution in [2.24, 2.45) is 5.92 Å². The molecule has 1 saturated carbocycles. The minimum absolute atomic E-state index is 0.0390. The number of hydrogen-bond donors (Lipinski definition) is 2. The number of urea groups is 1. The second-order valence-electron chi connectivity index (χ2n) is 5.52. The summed E-state index contributed by atoms with van der Waals surface area (Å²) in [5.74, 6) is 0.385. The number of nitrogens with one attached hydrogen (secondary N) is 2. The normalized spacial score (nSPS) is 34.2. The van der Waals surface area contributed by atoms with Crippen molar-refractivity contribution >= 4 is 6.03 Å². The van der Waals surface area contributed by atoms with Crippen LogP contribution in [0.1, 0.15) is 32.6 Å². The summed E-state index contributed by atoms with van der Waals surface area (Å²) in [6, 6.07) is -0.193. The minimum Gasteiger partial charge on any atom is -0.347 e. The molecule has 2 rings (SSSR count). The lowest BCUT2D eigenvalue weighted by Gasteiger charge is -2.34. The van der Waals surface area contributed by atoms with Gasteiger partial charge in [-0.05, 0) is 18.8 Å². The second-order valence-corrected chi connectivity index (χ2v) is 5.52. The zero-order valence-electron chi connectivity index (χ0n) is 11.6. The van der Waals surface area contributed by atoms with Gasteiger partial charge in [-0.1, -0.05) is 13.0 Å². The van der Waals surface area contributed by atoms with Crippen molar-refractivity contribution in [1.82, 2.24) is 10.6 Å². The lowest BCUT2D eigenvalue weighted by atomic mass is 9.86. The first kappa shape index (κ1) is 14.3. The lowest BCUT2D eigenvalue weighted by molar-refractivity contribution is -0.191. The molecule has 2 amide bonds. The summed E-state index contributed by atoms with van der Waals surface area (Å²) in [4.78, 5) is 11.4. The highest BCUT2D eigenvalue weighted by Crippen LogP contribution is 2.39. The minimum atomic E-state index is -0.379. The Morgan fingerprint density at radius 1 is 1.42 bits per heavy atom. The van der Waals surface area contributed by atoms with Crippen LogP contribution < -0.4 is 10.6 Å². The third-order valence-corrected chi connectivity index (χ3v) is 3.85. The smallest absolute Gasteiger partial charge is 0.315 e. The summed E-state index contributed by atoms with van der Waals surface area (Å²) >= 11 is 0. The third-order valence-electron chi connectivity index (χ3n) is 3.85. The molecule has 2 aliphatic rings. The van der Waals surface area contributed by atoms with Gasteiger partial charge >= 0.3 is 6.03 Å². The predicted octanol–water partition coefficient (Wildman–Crippen LogP) is 1.79. The van der Waals surface area contributed by atoms with Crippen LogP contribution in [0, 0.1) is 5.92 Å². The maximum absolute atomic E-state index is 11.4. The standard InChI is InChI=1S/C14H24N2O3/c1-3-8-15-13(17)16-9-12-10-18-14(19-12)6-4-11(2)5-7-14/h3,11-12H,1,4-10H2,2H3,(H2,15,16,17). The van der Waals surface area contributed by atoms with E-state index in [2.05, 4.69) is 24.1 Å². The molecule has 0 radical (unpaired) electrons. The Balaban J connectivity index is 1.70. The number of carbonyl (C=O) groups excluding carboxylic acids is 1. The Morgan fingerprint density at radius 3 is 2.84 bits per heavy atom. The molecule has 1 unspecified atom stereocenters. The van der Waals surface area contributed by atoms with Crippen LogP contribution in [0.4, 0.5) is 4.79 Å². The quantitative estimate of drug-likeness (QED) is 0.764. The fourth-order valence-electron chi connectivity index (χ4n) is 2.62. The van der Waals surface area contributed by atoms with Gasteiger partial charge in [0.1, 0.15) is 6.10 Å². The van der Waals surface area contributed by atoms with Gasteiger partial charge in [0.15, 0.2) is 5.79 Å². The van der Waals surface area contributed by atoms with E-state index in [1.54, 1.807) is 6.08 Å². The highest BCUT2D eigenvalue weighted by atomic mass is 16.7. The van der Waals surface area contributed by atoms with Gasteiger partial charge in [-0.15, -0.1) is 6.58 Å². The molecule has 19 heavy (non-hydrogen) atoms. The fourth-order valence-corrected chi connectivity index (χ4v) is 2.62. The molecule has 1 atom stereocenters. The molecular weight excluding hydrogens is 244 g/mol. The first-order chi connectivity index (χ1) is 9.13. The van der Waals surface area contributed by atoms with E-state index in [0.29, 0.717) is 19.7 Å². The van der Waals surface area contributed by atoms with Gasteiger partial charge in [0.2, 0.25) is 0 Å². The monoisotopic (exact) mass is 268 g/mol. The molecule has 1 saturated heterocycles. The Kier molecular flexibility index (Phi) is 4.82. The van der Waals surface area contributed by atoms with Gasteiger partial charge in [-0.25, -0.2) is 4.79 Å². The summed E-state index contributed by atoms with van der Waals surface area (Å²) in [6.45, 7) is 7.33. The third kappa shape index (κ3) is 3.94. The van der Waals surface area contributed by atoms with Gasteiger partial charge in [0, 0.05) is 25.9 Å². The van der Waals surface area contributed by atoms with E-state index in [1.807, 2.05) is 0 Å². The van der Waals surface area contributed by atoms with Gasteiger partial charge in [-0.3, -0.25) is 0 Å². The van der Waals surface area contributed by atoms with Gasteiger partial charge in [-0.2, -0.15) is 0 Å². The zero-order valence-corrected chi connectivity index (χ0v) is 11.6. The molecule has 0 aromatic carbocycles. The maximum Gasteiger partial charge on any atom is 0.315 e. The van der Waals surface area contributed by atoms with Gasteiger partial charge < -0.3 is 20.1 Å². The summed E-state index contributed by atoms with van der Waals surface area (Å²) < 4.78 is 11.9. The molecule has 0 aromatic heterocycles. The van der Waals surface area contributed by atoms with Crippen molar-refractivity contribution in [2.75, 3.05) is 19.7 Å². The molecule has 2 N–H and O–H groups in total. The van der Waals surface area contributed by atoms with E-state index in [4.69, 9.17) is 9.47 Å². The molecule has 108 valence electrons. The van der Waals surface area contributed by atoms with Gasteiger partial charge in [0.05, 0.1) is 6.61 Å². The van der Waals surface area contributed by atoms with Crippen LogP contribution in [0.15, 0.2) is 12.7 Å². The first-order valence-electron chi connectivity index (χ1n) is 7.08. The number of rotatable bonds is 4. The SMILES string of the molecule is C=CCNC(=O)NCC1COC2(CCC(C)CC2)O1. The summed E-state index contributed by atoms with van der Waals surface area (Å²) in [5.41, 5.74) is 0. The maximum atomic E-state index is 11.4.